The first-order chi connectivity index (χ1) is 9.13. The van der Waals surface area contributed by atoms with Gasteiger partial charge in [0.15, 0.2) is 11.6 Å². The zero-order valence-corrected chi connectivity index (χ0v) is 10.9. The molecule has 19 heavy (non-hydrogen) atoms. The van der Waals surface area contributed by atoms with Gasteiger partial charge in [-0.15, -0.1) is 0 Å². The number of anilines is 1. The number of carbonyl (C=O) groups excluding carboxylic acids is 1. The fourth-order valence-electron chi connectivity index (χ4n) is 2.50. The Labute approximate surface area is 111 Å². The van der Waals surface area contributed by atoms with Crippen LogP contribution in [0.2, 0.25) is 0 Å². The Morgan fingerprint density at radius 1 is 1.47 bits per heavy atom. The second-order valence-corrected chi connectivity index (χ2v) is 5.01. The second-order valence-electron chi connectivity index (χ2n) is 5.01. The van der Waals surface area contributed by atoms with Crippen LogP contribution in [0, 0.1) is 11.7 Å². The molecule has 2 atom stereocenters. The second kappa shape index (κ2) is 5.97. The number of amides is 1. The molecule has 0 saturated heterocycles. The SMILES string of the molecule is CC1CCCCC1NC(=O)c1ccnc(NN)c1F. The zero-order chi connectivity index (χ0) is 13.8. The lowest BCUT2D eigenvalue weighted by atomic mass is 9.86. The van der Waals surface area contributed by atoms with Gasteiger partial charge >= 0.3 is 0 Å². The standard InChI is InChI=1S/C13H19FN4O/c1-8-4-2-3-5-10(8)17-13(19)9-6-7-16-12(18-15)11(9)14/h6-8,10H,2-5,15H2,1H3,(H,16,18)(H,17,19). The van der Waals surface area contributed by atoms with Crippen LogP contribution < -0.4 is 16.6 Å². The first-order valence-corrected chi connectivity index (χ1v) is 6.55. The number of pyridine rings is 1. The highest BCUT2D eigenvalue weighted by molar-refractivity contribution is 5.95. The Kier molecular flexibility index (Phi) is 4.31. The van der Waals surface area contributed by atoms with Crippen molar-refractivity contribution in [3.63, 3.8) is 0 Å². The van der Waals surface area contributed by atoms with Gasteiger partial charge in [0.1, 0.15) is 0 Å². The highest BCUT2D eigenvalue weighted by atomic mass is 19.1. The van der Waals surface area contributed by atoms with E-state index >= 15 is 0 Å². The van der Waals surface area contributed by atoms with E-state index in [9.17, 15) is 9.18 Å². The number of nitrogens with one attached hydrogen (secondary N) is 2. The smallest absolute Gasteiger partial charge is 0.254 e. The van der Waals surface area contributed by atoms with Crippen molar-refractivity contribution in [2.45, 2.75) is 38.6 Å². The number of hydrogen-bond acceptors (Lipinski definition) is 4. The van der Waals surface area contributed by atoms with E-state index in [1.807, 2.05) is 0 Å². The predicted molar refractivity (Wildman–Crippen MR) is 70.9 cm³/mol. The average Bonchev–Trinajstić information content (AvgIpc) is 2.41. The Bertz CT molecular complexity index is 466. The van der Waals surface area contributed by atoms with E-state index < -0.39 is 11.7 Å². The van der Waals surface area contributed by atoms with Crippen LogP contribution in [0.3, 0.4) is 0 Å². The van der Waals surface area contributed by atoms with Crippen LogP contribution in [0.1, 0.15) is 43.0 Å². The maximum absolute atomic E-state index is 13.9. The van der Waals surface area contributed by atoms with Crippen molar-refractivity contribution in [3.8, 4) is 0 Å². The van der Waals surface area contributed by atoms with Crippen LogP contribution in [-0.4, -0.2) is 16.9 Å². The van der Waals surface area contributed by atoms with E-state index in [1.165, 1.54) is 18.7 Å². The van der Waals surface area contributed by atoms with Gasteiger partial charge in [0.05, 0.1) is 5.56 Å². The Morgan fingerprint density at radius 2 is 2.21 bits per heavy atom. The van der Waals surface area contributed by atoms with Crippen LogP contribution in [0.4, 0.5) is 10.2 Å². The summed E-state index contributed by atoms with van der Waals surface area (Å²) < 4.78 is 13.9. The monoisotopic (exact) mass is 266 g/mol. The summed E-state index contributed by atoms with van der Waals surface area (Å²) in [4.78, 5) is 15.8. The van der Waals surface area contributed by atoms with E-state index in [4.69, 9.17) is 5.84 Å². The maximum Gasteiger partial charge on any atom is 0.254 e. The number of halogens is 1. The Hall–Kier alpha value is -1.69. The lowest BCUT2D eigenvalue weighted by Gasteiger charge is -2.29. The largest absolute Gasteiger partial charge is 0.349 e. The molecular weight excluding hydrogens is 247 g/mol. The maximum atomic E-state index is 13.9. The average molecular weight is 266 g/mol. The van der Waals surface area contributed by atoms with Gasteiger partial charge < -0.3 is 10.7 Å². The summed E-state index contributed by atoms with van der Waals surface area (Å²) in [6.45, 7) is 2.11. The van der Waals surface area contributed by atoms with Crippen molar-refractivity contribution in [1.82, 2.24) is 10.3 Å². The minimum Gasteiger partial charge on any atom is -0.349 e. The number of hydrogen-bond donors (Lipinski definition) is 3. The molecule has 1 aromatic rings. The molecule has 1 aliphatic rings. The van der Waals surface area contributed by atoms with Gasteiger partial charge in [0.25, 0.3) is 5.91 Å². The topological polar surface area (TPSA) is 80.0 Å². The highest BCUT2D eigenvalue weighted by Gasteiger charge is 2.24. The summed E-state index contributed by atoms with van der Waals surface area (Å²) in [5.74, 6) is 4.32. The molecule has 0 spiro atoms. The van der Waals surface area contributed by atoms with Crippen LogP contribution in [-0.2, 0) is 0 Å². The third kappa shape index (κ3) is 3.01. The minimum atomic E-state index is -0.717. The molecule has 104 valence electrons. The van der Waals surface area contributed by atoms with E-state index in [1.54, 1.807) is 0 Å². The third-order valence-corrected chi connectivity index (χ3v) is 3.70. The predicted octanol–water partition coefficient (Wildman–Crippen LogP) is 1.81. The number of hydrazine groups is 1. The molecule has 6 heteroatoms. The van der Waals surface area contributed by atoms with Gasteiger partial charge in [0.2, 0.25) is 0 Å². The van der Waals surface area contributed by atoms with Crippen LogP contribution in [0.25, 0.3) is 0 Å². The Balaban J connectivity index is 2.11. The first-order valence-electron chi connectivity index (χ1n) is 6.55. The summed E-state index contributed by atoms with van der Waals surface area (Å²) >= 11 is 0. The molecule has 1 fully saturated rings. The fourth-order valence-corrected chi connectivity index (χ4v) is 2.50. The number of nitrogens with two attached hydrogens (primary N) is 1. The van der Waals surface area contributed by atoms with Gasteiger partial charge in [-0.05, 0) is 24.8 Å². The van der Waals surface area contributed by atoms with E-state index in [0.29, 0.717) is 5.92 Å². The van der Waals surface area contributed by atoms with E-state index in [2.05, 4.69) is 22.7 Å². The van der Waals surface area contributed by atoms with Gasteiger partial charge in [-0.2, -0.15) is 0 Å². The van der Waals surface area contributed by atoms with Crippen molar-refractivity contribution in [2.75, 3.05) is 5.43 Å². The molecule has 0 radical (unpaired) electrons. The number of carbonyl (C=O) groups is 1. The van der Waals surface area contributed by atoms with Crippen molar-refractivity contribution in [2.24, 2.45) is 11.8 Å². The number of nitrogens with zero attached hydrogens (tertiary/aromatic N) is 1. The lowest BCUT2D eigenvalue weighted by molar-refractivity contribution is 0.0906. The molecule has 0 bridgehead atoms. The summed E-state index contributed by atoms with van der Waals surface area (Å²) in [6.07, 6.45) is 5.70. The molecule has 1 amide bonds. The molecule has 0 aromatic carbocycles. The molecular formula is C13H19FN4O. The van der Waals surface area contributed by atoms with Crippen LogP contribution >= 0.6 is 0 Å². The Morgan fingerprint density at radius 3 is 2.89 bits per heavy atom. The summed E-state index contributed by atoms with van der Waals surface area (Å²) in [7, 11) is 0. The van der Waals surface area contributed by atoms with E-state index in [0.717, 1.165) is 19.3 Å². The van der Waals surface area contributed by atoms with Crippen molar-refractivity contribution in [3.05, 3.63) is 23.6 Å². The molecule has 1 heterocycles. The molecule has 5 nitrogen and oxygen atoms in total. The number of nitrogen functional groups attached to an aromatic ring is 1. The van der Waals surface area contributed by atoms with E-state index in [-0.39, 0.29) is 17.4 Å². The number of rotatable bonds is 3. The lowest BCUT2D eigenvalue weighted by Crippen LogP contribution is -2.41. The molecule has 1 saturated carbocycles. The van der Waals surface area contributed by atoms with Crippen molar-refractivity contribution >= 4 is 11.7 Å². The van der Waals surface area contributed by atoms with Crippen LogP contribution in [0.15, 0.2) is 12.3 Å². The van der Waals surface area contributed by atoms with Gasteiger partial charge in [-0.1, -0.05) is 19.8 Å². The van der Waals surface area contributed by atoms with Crippen molar-refractivity contribution < 1.29 is 9.18 Å². The quantitative estimate of drug-likeness (QED) is 0.576. The minimum absolute atomic E-state index is 0.0271. The molecule has 2 rings (SSSR count). The number of aromatic nitrogens is 1. The summed E-state index contributed by atoms with van der Waals surface area (Å²) in [5.41, 5.74) is 2.11. The van der Waals surface area contributed by atoms with Gasteiger partial charge in [0, 0.05) is 12.2 Å². The highest BCUT2D eigenvalue weighted by Crippen LogP contribution is 2.24. The normalized spacial score (nSPS) is 22.9. The van der Waals surface area contributed by atoms with Crippen molar-refractivity contribution in [1.29, 1.82) is 0 Å². The molecule has 1 aromatic heterocycles. The molecule has 4 N–H and O–H groups in total. The zero-order valence-electron chi connectivity index (χ0n) is 10.9. The van der Waals surface area contributed by atoms with Gasteiger partial charge in [-0.25, -0.2) is 15.2 Å². The summed E-state index contributed by atoms with van der Waals surface area (Å²) in [5, 5.41) is 2.90. The molecule has 0 aliphatic heterocycles. The summed E-state index contributed by atoms with van der Waals surface area (Å²) in [6, 6.07) is 1.47. The fraction of sp³-hybridized carbons (Fsp3) is 0.538. The van der Waals surface area contributed by atoms with Crippen LogP contribution in [0.5, 0.6) is 0 Å². The van der Waals surface area contributed by atoms with Gasteiger partial charge in [-0.3, -0.25) is 4.79 Å². The third-order valence-electron chi connectivity index (χ3n) is 3.70. The molecule has 1 aliphatic carbocycles. The first kappa shape index (κ1) is 13.7. The molecule has 2 unspecified atom stereocenters.